The highest BCUT2D eigenvalue weighted by Crippen LogP contribution is 2.49. The number of para-hydroxylation sites is 1. The van der Waals surface area contributed by atoms with Crippen molar-refractivity contribution in [3.8, 4) is 11.8 Å². The van der Waals surface area contributed by atoms with E-state index < -0.39 is 23.1 Å². The van der Waals surface area contributed by atoms with Crippen molar-refractivity contribution in [1.82, 2.24) is 0 Å². The lowest BCUT2D eigenvalue weighted by Crippen LogP contribution is -2.46. The highest BCUT2D eigenvalue weighted by atomic mass is 16.6. The van der Waals surface area contributed by atoms with Crippen LogP contribution in [-0.2, 0) is 9.53 Å². The van der Waals surface area contributed by atoms with Gasteiger partial charge >= 0.3 is 17.2 Å². The highest BCUT2D eigenvalue weighted by molar-refractivity contribution is 5.92. The van der Waals surface area contributed by atoms with E-state index in [-0.39, 0.29) is 11.3 Å². The first-order chi connectivity index (χ1) is 12.6. The highest BCUT2D eigenvalue weighted by Gasteiger charge is 2.59. The summed E-state index contributed by atoms with van der Waals surface area (Å²) in [6, 6.07) is 17.5. The normalized spacial score (nSPS) is 20.8. The average Bonchev–Trinajstić information content (AvgIpc) is 3.05. The lowest BCUT2D eigenvalue weighted by Gasteiger charge is -2.24. The van der Waals surface area contributed by atoms with E-state index in [2.05, 4.69) is 0 Å². The number of esters is 1. The van der Waals surface area contributed by atoms with Gasteiger partial charge in [0, 0.05) is 0 Å². The van der Waals surface area contributed by atoms with E-state index in [0.29, 0.717) is 16.5 Å². The van der Waals surface area contributed by atoms with Crippen molar-refractivity contribution >= 4 is 16.9 Å². The molecule has 0 N–H and O–H groups in total. The maximum Gasteiger partial charge on any atom is 0.366 e. The third-order valence-corrected chi connectivity index (χ3v) is 4.54. The number of fused-ring (bicyclic) bond motifs is 3. The molecule has 6 heteroatoms. The molecule has 2 unspecified atom stereocenters. The third kappa shape index (κ3) is 2.04. The third-order valence-electron chi connectivity index (χ3n) is 4.54. The summed E-state index contributed by atoms with van der Waals surface area (Å²) in [4.78, 5) is 25.3. The molecule has 4 rings (SSSR count). The molecule has 128 valence electrons. The predicted octanol–water partition coefficient (Wildman–Crippen LogP) is 2.75. The minimum absolute atomic E-state index is 0.141. The molecule has 3 aromatic rings. The van der Waals surface area contributed by atoms with Crippen LogP contribution in [0.2, 0.25) is 0 Å². The summed E-state index contributed by atoms with van der Waals surface area (Å²) in [6.07, 6.45) is 0. The van der Waals surface area contributed by atoms with Crippen LogP contribution in [0.3, 0.4) is 0 Å². The van der Waals surface area contributed by atoms with Crippen molar-refractivity contribution in [3.63, 3.8) is 0 Å². The average molecular weight is 347 g/mol. The van der Waals surface area contributed by atoms with Crippen molar-refractivity contribution in [1.29, 1.82) is 5.26 Å². The Kier molecular flexibility index (Phi) is 3.51. The molecule has 2 atom stereocenters. The van der Waals surface area contributed by atoms with Crippen molar-refractivity contribution in [2.24, 2.45) is 0 Å². The second kappa shape index (κ2) is 5.74. The molecule has 6 nitrogen and oxygen atoms in total. The van der Waals surface area contributed by atoms with E-state index in [4.69, 9.17) is 13.9 Å². The van der Waals surface area contributed by atoms with Gasteiger partial charge in [-0.05, 0) is 17.7 Å². The minimum atomic E-state index is -2.00. The van der Waals surface area contributed by atoms with Gasteiger partial charge < -0.3 is 13.9 Å². The SMILES string of the molecule is COC(=O)C1(C#N)Oc2c(c(=O)oc3ccccc23)C1c1ccccc1. The Morgan fingerprint density at radius 1 is 1.15 bits per heavy atom. The number of rotatable bonds is 2. The molecule has 0 spiro atoms. The molecule has 0 amide bonds. The number of nitrogens with zero attached hydrogens (tertiary/aromatic N) is 1. The largest absolute Gasteiger partial charge is 0.465 e. The van der Waals surface area contributed by atoms with E-state index in [1.54, 1.807) is 54.6 Å². The number of carbonyl (C=O) groups excluding carboxylic acids is 1. The van der Waals surface area contributed by atoms with Gasteiger partial charge in [0.15, 0.2) is 0 Å². The molecule has 1 aromatic heterocycles. The summed E-state index contributed by atoms with van der Waals surface area (Å²) in [6.45, 7) is 0. The monoisotopic (exact) mass is 347 g/mol. The number of benzene rings is 2. The van der Waals surface area contributed by atoms with Crippen LogP contribution >= 0.6 is 0 Å². The summed E-state index contributed by atoms with van der Waals surface area (Å²) in [5.74, 6) is -1.65. The number of nitriles is 1. The molecular formula is C20H13NO5. The number of methoxy groups -OCH3 is 1. The van der Waals surface area contributed by atoms with Crippen LogP contribution in [0.15, 0.2) is 63.8 Å². The quantitative estimate of drug-likeness (QED) is 0.523. The molecule has 0 aliphatic carbocycles. The Balaban J connectivity index is 2.10. The minimum Gasteiger partial charge on any atom is -0.465 e. The van der Waals surface area contributed by atoms with Crippen molar-refractivity contribution in [3.05, 3.63) is 76.1 Å². The molecule has 0 fully saturated rings. The van der Waals surface area contributed by atoms with Crippen LogP contribution in [0.1, 0.15) is 17.0 Å². The number of hydrogen-bond acceptors (Lipinski definition) is 6. The van der Waals surface area contributed by atoms with Crippen LogP contribution in [0.5, 0.6) is 5.75 Å². The molecule has 0 saturated carbocycles. The molecule has 0 radical (unpaired) electrons. The molecule has 0 saturated heterocycles. The number of carbonyl (C=O) groups is 1. The van der Waals surface area contributed by atoms with Crippen LogP contribution in [0.4, 0.5) is 0 Å². The van der Waals surface area contributed by atoms with Crippen LogP contribution in [0, 0.1) is 11.3 Å². The lowest BCUT2D eigenvalue weighted by atomic mass is 9.80. The fourth-order valence-corrected chi connectivity index (χ4v) is 3.41. The Bertz CT molecular complexity index is 1110. The maximum atomic E-state index is 12.7. The zero-order chi connectivity index (χ0) is 18.3. The Labute approximate surface area is 148 Å². The first kappa shape index (κ1) is 15.9. The van der Waals surface area contributed by atoms with Crippen molar-refractivity contribution in [2.45, 2.75) is 11.5 Å². The molecular weight excluding hydrogens is 334 g/mol. The van der Waals surface area contributed by atoms with Gasteiger partial charge in [-0.3, -0.25) is 0 Å². The number of ether oxygens (including phenoxy) is 2. The van der Waals surface area contributed by atoms with Crippen LogP contribution in [0.25, 0.3) is 11.0 Å². The van der Waals surface area contributed by atoms with E-state index in [1.807, 2.05) is 6.07 Å². The standard InChI is InChI=1S/C20H13NO5/c1-24-19(23)20(11-21)16(12-7-3-2-4-8-12)15-17(26-20)13-9-5-6-10-14(13)25-18(15)22/h2-10,16H,1H3. The smallest absolute Gasteiger partial charge is 0.366 e. The Hall–Kier alpha value is -3.59. The van der Waals surface area contributed by atoms with Gasteiger partial charge in [-0.15, -0.1) is 0 Å². The zero-order valence-corrected chi connectivity index (χ0v) is 13.8. The van der Waals surface area contributed by atoms with Gasteiger partial charge in [-0.2, -0.15) is 5.26 Å². The Morgan fingerprint density at radius 3 is 2.54 bits per heavy atom. The second-order valence-electron chi connectivity index (χ2n) is 5.91. The van der Waals surface area contributed by atoms with E-state index in [0.717, 1.165) is 0 Å². The molecule has 2 heterocycles. The second-order valence-corrected chi connectivity index (χ2v) is 5.91. The summed E-state index contributed by atoms with van der Waals surface area (Å²) >= 11 is 0. The van der Waals surface area contributed by atoms with E-state index in [9.17, 15) is 14.9 Å². The fraction of sp³-hybridized carbons (Fsp3) is 0.150. The van der Waals surface area contributed by atoms with Gasteiger partial charge in [0.05, 0.1) is 24.0 Å². The fourth-order valence-electron chi connectivity index (χ4n) is 3.41. The number of hydrogen-bond donors (Lipinski definition) is 0. The summed E-state index contributed by atoms with van der Waals surface area (Å²) in [5, 5.41) is 10.4. The van der Waals surface area contributed by atoms with Crippen molar-refractivity contribution in [2.75, 3.05) is 7.11 Å². The van der Waals surface area contributed by atoms with Gasteiger partial charge in [0.2, 0.25) is 0 Å². The molecule has 1 aliphatic rings. The molecule has 26 heavy (non-hydrogen) atoms. The topological polar surface area (TPSA) is 89.5 Å². The van der Waals surface area contributed by atoms with E-state index >= 15 is 0 Å². The zero-order valence-electron chi connectivity index (χ0n) is 13.8. The van der Waals surface area contributed by atoms with Crippen LogP contribution < -0.4 is 10.4 Å². The van der Waals surface area contributed by atoms with Gasteiger partial charge in [0.25, 0.3) is 0 Å². The summed E-state index contributed by atoms with van der Waals surface area (Å²) < 4.78 is 16.1. The van der Waals surface area contributed by atoms with Crippen LogP contribution in [-0.4, -0.2) is 18.7 Å². The first-order valence-electron chi connectivity index (χ1n) is 7.91. The molecule has 2 aromatic carbocycles. The van der Waals surface area contributed by atoms with Crippen molar-refractivity contribution < 1.29 is 18.7 Å². The summed E-state index contributed by atoms with van der Waals surface area (Å²) in [7, 11) is 1.18. The Morgan fingerprint density at radius 2 is 1.85 bits per heavy atom. The lowest BCUT2D eigenvalue weighted by molar-refractivity contribution is -0.153. The van der Waals surface area contributed by atoms with Gasteiger partial charge in [0.1, 0.15) is 17.4 Å². The molecule has 1 aliphatic heterocycles. The van der Waals surface area contributed by atoms with E-state index in [1.165, 1.54) is 7.11 Å². The summed E-state index contributed by atoms with van der Waals surface area (Å²) in [5.41, 5.74) is -1.60. The van der Waals surface area contributed by atoms with Gasteiger partial charge in [-0.1, -0.05) is 42.5 Å². The predicted molar refractivity (Wildman–Crippen MR) is 91.8 cm³/mol. The molecule has 0 bridgehead atoms. The first-order valence-corrected chi connectivity index (χ1v) is 7.91. The maximum absolute atomic E-state index is 12.7. The van der Waals surface area contributed by atoms with Gasteiger partial charge in [-0.25, -0.2) is 9.59 Å².